The first kappa shape index (κ1) is 24.6. The lowest BCUT2D eigenvalue weighted by Crippen LogP contribution is -2.53. The second kappa shape index (κ2) is 10.4. The number of ketones is 1. The molecule has 0 spiro atoms. The van der Waals surface area contributed by atoms with Gasteiger partial charge in [0.05, 0.1) is 12.6 Å². The summed E-state index contributed by atoms with van der Waals surface area (Å²) in [7, 11) is 0. The normalized spacial score (nSPS) is 20.2. The van der Waals surface area contributed by atoms with Crippen molar-refractivity contribution in [1.82, 2.24) is 15.1 Å². The third kappa shape index (κ3) is 5.12. The Balaban J connectivity index is 1.50. The lowest BCUT2D eigenvalue weighted by atomic mass is 10.0. The molecule has 0 aliphatic carbocycles. The number of carbonyl (C=O) groups excluding carboxylic acids is 4. The summed E-state index contributed by atoms with van der Waals surface area (Å²) in [6, 6.07) is 14.0. The average molecular weight is 477 g/mol. The molecule has 3 N–H and O–H groups in total. The summed E-state index contributed by atoms with van der Waals surface area (Å²) < 4.78 is 0. The second-order valence-electron chi connectivity index (χ2n) is 9.65. The van der Waals surface area contributed by atoms with Gasteiger partial charge in [0.25, 0.3) is 11.8 Å². The van der Waals surface area contributed by atoms with Crippen LogP contribution in [0.25, 0.3) is 0 Å². The van der Waals surface area contributed by atoms with Crippen molar-refractivity contribution >= 4 is 23.5 Å². The first-order valence-electron chi connectivity index (χ1n) is 12.1. The highest BCUT2D eigenvalue weighted by Gasteiger charge is 2.52. The molecule has 2 heterocycles. The molecule has 2 aromatic carbocycles. The van der Waals surface area contributed by atoms with E-state index in [0.717, 1.165) is 5.56 Å². The van der Waals surface area contributed by atoms with Crippen molar-refractivity contribution in [3.8, 4) is 0 Å². The Morgan fingerprint density at radius 3 is 2.31 bits per heavy atom. The predicted molar refractivity (Wildman–Crippen MR) is 131 cm³/mol. The van der Waals surface area contributed by atoms with Crippen LogP contribution >= 0.6 is 0 Å². The number of Topliss-reactive ketones (excluding diaryl/α,β-unsaturated/α-hetero) is 1. The molecule has 4 rings (SSSR count). The highest BCUT2D eigenvalue weighted by molar-refractivity contribution is 6.03. The van der Waals surface area contributed by atoms with E-state index in [2.05, 4.69) is 5.32 Å². The lowest BCUT2D eigenvalue weighted by Gasteiger charge is -2.29. The predicted octanol–water partition coefficient (Wildman–Crippen LogP) is 1.98. The van der Waals surface area contributed by atoms with Gasteiger partial charge in [-0.3, -0.25) is 19.2 Å². The molecule has 3 atom stereocenters. The maximum Gasteiger partial charge on any atom is 0.254 e. The standard InChI is InChI=1S/C27H32N4O4/c1-17(2)14-21(29-25(33)19-10-8-18(15-28)9-11-19)27(35)30-13-12-22-24(30)23(32)16-31(22)26(34)20-6-4-3-5-7-20/h3-11,17,21-22,24H,12-16,28H2,1-2H3,(H,29,33)/t21-,22+,24-/m0/s1. The van der Waals surface area contributed by atoms with E-state index >= 15 is 0 Å². The largest absolute Gasteiger partial charge is 0.340 e. The Labute approximate surface area is 205 Å². The number of nitrogens with one attached hydrogen (secondary N) is 1. The Morgan fingerprint density at radius 1 is 1.00 bits per heavy atom. The third-order valence-corrected chi connectivity index (χ3v) is 6.75. The van der Waals surface area contributed by atoms with Crippen LogP contribution < -0.4 is 11.1 Å². The Morgan fingerprint density at radius 2 is 1.69 bits per heavy atom. The molecule has 2 aromatic rings. The molecule has 8 heteroatoms. The van der Waals surface area contributed by atoms with Gasteiger partial charge in [0.2, 0.25) is 5.91 Å². The number of carbonyl (C=O) groups is 4. The van der Waals surface area contributed by atoms with Crippen LogP contribution in [-0.2, 0) is 16.1 Å². The summed E-state index contributed by atoms with van der Waals surface area (Å²) in [5, 5.41) is 2.88. The molecule has 0 radical (unpaired) electrons. The van der Waals surface area contributed by atoms with Gasteiger partial charge in [0, 0.05) is 24.2 Å². The molecule has 3 amide bonds. The summed E-state index contributed by atoms with van der Waals surface area (Å²) in [5.41, 5.74) is 7.51. The van der Waals surface area contributed by atoms with Crippen LogP contribution in [0, 0.1) is 5.92 Å². The van der Waals surface area contributed by atoms with E-state index in [4.69, 9.17) is 5.73 Å². The molecule has 0 aromatic heterocycles. The molecule has 0 unspecified atom stereocenters. The number of amides is 3. The van der Waals surface area contributed by atoms with E-state index < -0.39 is 12.1 Å². The highest BCUT2D eigenvalue weighted by atomic mass is 16.2. The number of rotatable bonds is 7. The van der Waals surface area contributed by atoms with E-state index in [1.54, 1.807) is 58.3 Å². The highest BCUT2D eigenvalue weighted by Crippen LogP contribution is 2.31. The molecule has 0 saturated carbocycles. The van der Waals surface area contributed by atoms with Crippen LogP contribution in [0.2, 0.25) is 0 Å². The summed E-state index contributed by atoms with van der Waals surface area (Å²) in [4.78, 5) is 55.7. The summed E-state index contributed by atoms with van der Waals surface area (Å²) in [6.07, 6.45) is 0.976. The van der Waals surface area contributed by atoms with Crippen molar-refractivity contribution in [3.05, 3.63) is 71.3 Å². The first-order valence-corrected chi connectivity index (χ1v) is 12.1. The van der Waals surface area contributed by atoms with Gasteiger partial charge in [-0.05, 0) is 48.6 Å². The molecular weight excluding hydrogens is 444 g/mol. The molecule has 35 heavy (non-hydrogen) atoms. The van der Waals surface area contributed by atoms with Crippen molar-refractivity contribution in [2.24, 2.45) is 11.7 Å². The van der Waals surface area contributed by atoms with Crippen LogP contribution in [0.3, 0.4) is 0 Å². The van der Waals surface area contributed by atoms with Crippen molar-refractivity contribution in [2.45, 2.75) is 51.4 Å². The minimum atomic E-state index is -0.762. The van der Waals surface area contributed by atoms with Gasteiger partial charge in [-0.15, -0.1) is 0 Å². The maximum atomic E-state index is 13.6. The van der Waals surface area contributed by atoms with Crippen LogP contribution in [-0.4, -0.2) is 64.5 Å². The van der Waals surface area contributed by atoms with E-state index in [0.29, 0.717) is 37.1 Å². The van der Waals surface area contributed by atoms with E-state index in [1.165, 1.54) is 0 Å². The molecule has 2 fully saturated rings. The number of benzene rings is 2. The van der Waals surface area contributed by atoms with Gasteiger partial charge in [0.1, 0.15) is 12.1 Å². The van der Waals surface area contributed by atoms with Crippen molar-refractivity contribution in [2.75, 3.05) is 13.1 Å². The first-order chi connectivity index (χ1) is 16.8. The van der Waals surface area contributed by atoms with Gasteiger partial charge in [-0.25, -0.2) is 0 Å². The third-order valence-electron chi connectivity index (χ3n) is 6.75. The SMILES string of the molecule is CC(C)C[C@H](NC(=O)c1ccc(CN)cc1)C(=O)N1CC[C@@H]2[C@H]1C(=O)CN2C(=O)c1ccccc1. The van der Waals surface area contributed by atoms with Crippen LogP contribution in [0.1, 0.15) is 53.0 Å². The molecule has 8 nitrogen and oxygen atoms in total. The van der Waals surface area contributed by atoms with Crippen molar-refractivity contribution < 1.29 is 19.2 Å². The molecule has 184 valence electrons. The van der Waals surface area contributed by atoms with Gasteiger partial charge >= 0.3 is 0 Å². The van der Waals surface area contributed by atoms with E-state index in [9.17, 15) is 19.2 Å². The smallest absolute Gasteiger partial charge is 0.254 e. The second-order valence-corrected chi connectivity index (χ2v) is 9.65. The lowest BCUT2D eigenvalue weighted by molar-refractivity contribution is -0.138. The van der Waals surface area contributed by atoms with Crippen LogP contribution in [0.15, 0.2) is 54.6 Å². The topological polar surface area (TPSA) is 113 Å². The summed E-state index contributed by atoms with van der Waals surface area (Å²) >= 11 is 0. The monoisotopic (exact) mass is 476 g/mol. The van der Waals surface area contributed by atoms with Gasteiger partial charge < -0.3 is 20.9 Å². The fourth-order valence-corrected chi connectivity index (χ4v) is 5.01. The van der Waals surface area contributed by atoms with E-state index in [1.807, 2.05) is 19.9 Å². The number of nitrogens with zero attached hydrogens (tertiary/aromatic N) is 2. The Bertz CT molecular complexity index is 1100. The molecular formula is C27H32N4O4. The minimum absolute atomic E-state index is 0.0124. The fourth-order valence-electron chi connectivity index (χ4n) is 5.01. The van der Waals surface area contributed by atoms with Crippen molar-refractivity contribution in [3.63, 3.8) is 0 Å². The molecule has 2 aliphatic rings. The van der Waals surface area contributed by atoms with Gasteiger partial charge in [-0.2, -0.15) is 0 Å². The van der Waals surface area contributed by atoms with Crippen molar-refractivity contribution in [1.29, 1.82) is 0 Å². The number of nitrogens with two attached hydrogens (primary N) is 1. The zero-order valence-corrected chi connectivity index (χ0v) is 20.1. The van der Waals surface area contributed by atoms with Gasteiger partial charge in [-0.1, -0.05) is 44.2 Å². The molecule has 2 saturated heterocycles. The number of hydrogen-bond acceptors (Lipinski definition) is 5. The fraction of sp³-hybridized carbons (Fsp3) is 0.407. The summed E-state index contributed by atoms with van der Waals surface area (Å²) in [5.74, 6) is -0.814. The van der Waals surface area contributed by atoms with Crippen LogP contribution in [0.4, 0.5) is 0 Å². The number of hydrogen-bond donors (Lipinski definition) is 2. The number of fused-ring (bicyclic) bond motifs is 1. The Kier molecular flexibility index (Phi) is 7.31. The zero-order chi connectivity index (χ0) is 25.1. The minimum Gasteiger partial charge on any atom is -0.340 e. The maximum absolute atomic E-state index is 13.6. The quantitative estimate of drug-likeness (QED) is 0.635. The molecule has 0 bridgehead atoms. The Hall–Kier alpha value is -3.52. The molecule has 2 aliphatic heterocycles. The zero-order valence-electron chi connectivity index (χ0n) is 20.1. The van der Waals surface area contributed by atoms with Crippen LogP contribution in [0.5, 0.6) is 0 Å². The van der Waals surface area contributed by atoms with Gasteiger partial charge in [0.15, 0.2) is 5.78 Å². The average Bonchev–Trinajstić information content (AvgIpc) is 3.44. The van der Waals surface area contributed by atoms with E-state index in [-0.39, 0.29) is 42.0 Å². The number of likely N-dealkylation sites (tertiary alicyclic amines) is 2. The summed E-state index contributed by atoms with van der Waals surface area (Å²) in [6.45, 7) is 4.70.